The number of ether oxygens (including phenoxy) is 1. The van der Waals surface area contributed by atoms with Crippen LogP contribution in [0.3, 0.4) is 0 Å². The molecule has 0 spiro atoms. The van der Waals surface area contributed by atoms with E-state index in [1.54, 1.807) is 19.5 Å². The summed E-state index contributed by atoms with van der Waals surface area (Å²) in [6, 6.07) is 0. The van der Waals surface area contributed by atoms with Crippen molar-refractivity contribution in [2.45, 2.75) is 13.3 Å². The minimum absolute atomic E-state index is 0.0514. The summed E-state index contributed by atoms with van der Waals surface area (Å²) in [5, 5.41) is 2.65. The number of anilines is 1. The van der Waals surface area contributed by atoms with E-state index >= 15 is 0 Å². The summed E-state index contributed by atoms with van der Waals surface area (Å²) < 4.78 is 4.94. The molecule has 1 rings (SSSR count). The number of carbonyl (C=O) groups is 1. The number of hydrogen-bond donors (Lipinski definition) is 2. The number of aromatic nitrogens is 2. The molecule has 1 aromatic heterocycles. The highest BCUT2D eigenvalue weighted by Crippen LogP contribution is 2.04. The van der Waals surface area contributed by atoms with Gasteiger partial charge in [-0.25, -0.2) is 4.98 Å². The van der Waals surface area contributed by atoms with Crippen LogP contribution in [0, 0.1) is 5.92 Å². The lowest BCUT2D eigenvalue weighted by atomic mass is 10.1. The largest absolute Gasteiger partial charge is 0.384 e. The smallest absolute Gasteiger partial charge is 0.227 e. The first-order valence-electron chi connectivity index (χ1n) is 4.50. The van der Waals surface area contributed by atoms with Gasteiger partial charge in [-0.1, -0.05) is 6.92 Å². The zero-order chi connectivity index (χ0) is 10.4. The number of methoxy groups -OCH3 is 1. The molecule has 1 unspecified atom stereocenters. The predicted molar refractivity (Wildman–Crippen MR) is 52.9 cm³/mol. The number of nitrogens with one attached hydrogen (secondary N) is 2. The maximum atomic E-state index is 11.4. The molecule has 0 aliphatic rings. The molecule has 78 valence electrons. The lowest BCUT2D eigenvalue weighted by molar-refractivity contribution is -0.117. The van der Waals surface area contributed by atoms with Gasteiger partial charge in [-0.3, -0.25) is 10.1 Å². The molecule has 1 amide bonds. The van der Waals surface area contributed by atoms with E-state index in [9.17, 15) is 4.79 Å². The van der Waals surface area contributed by atoms with Crippen LogP contribution in [0.15, 0.2) is 12.4 Å². The zero-order valence-electron chi connectivity index (χ0n) is 8.41. The van der Waals surface area contributed by atoms with Gasteiger partial charge in [-0.05, 0) is 5.92 Å². The number of rotatable bonds is 5. The number of nitrogens with zero attached hydrogens (tertiary/aromatic N) is 1. The van der Waals surface area contributed by atoms with Crippen molar-refractivity contribution in [3.8, 4) is 0 Å². The molecule has 0 fully saturated rings. The molecule has 1 heterocycles. The highest BCUT2D eigenvalue weighted by molar-refractivity contribution is 5.89. The summed E-state index contributed by atoms with van der Waals surface area (Å²) in [5.74, 6) is 0.652. The van der Waals surface area contributed by atoms with Gasteiger partial charge in [0.2, 0.25) is 11.9 Å². The Labute approximate surface area is 82.9 Å². The van der Waals surface area contributed by atoms with E-state index < -0.39 is 0 Å². The molecule has 5 nitrogen and oxygen atoms in total. The zero-order valence-corrected chi connectivity index (χ0v) is 8.41. The maximum Gasteiger partial charge on any atom is 0.227 e. The number of imidazole rings is 1. The Morgan fingerprint density at radius 1 is 1.79 bits per heavy atom. The van der Waals surface area contributed by atoms with Crippen LogP contribution >= 0.6 is 0 Å². The van der Waals surface area contributed by atoms with Crippen molar-refractivity contribution in [2.24, 2.45) is 5.92 Å². The molecule has 0 aliphatic carbocycles. The van der Waals surface area contributed by atoms with E-state index in [-0.39, 0.29) is 11.8 Å². The first kappa shape index (κ1) is 10.7. The van der Waals surface area contributed by atoms with Gasteiger partial charge >= 0.3 is 0 Å². The SMILES string of the molecule is COCC(C)CC(=O)Nc1ncc[nH]1. The van der Waals surface area contributed by atoms with Gasteiger partial charge < -0.3 is 9.72 Å². The molecule has 1 atom stereocenters. The molecule has 0 saturated carbocycles. The number of carbonyl (C=O) groups excluding carboxylic acids is 1. The predicted octanol–water partition coefficient (Wildman–Crippen LogP) is 1.02. The highest BCUT2D eigenvalue weighted by Gasteiger charge is 2.09. The number of hydrogen-bond acceptors (Lipinski definition) is 3. The molecule has 0 bridgehead atoms. The van der Waals surface area contributed by atoms with E-state index in [4.69, 9.17) is 4.74 Å². The molecule has 0 aliphatic heterocycles. The Hall–Kier alpha value is -1.36. The van der Waals surface area contributed by atoms with Gasteiger partial charge in [0.1, 0.15) is 0 Å². The van der Waals surface area contributed by atoms with Crippen LogP contribution in [0.1, 0.15) is 13.3 Å². The second-order valence-electron chi connectivity index (χ2n) is 3.25. The number of amides is 1. The summed E-state index contributed by atoms with van der Waals surface area (Å²) in [6.45, 7) is 2.55. The van der Waals surface area contributed by atoms with Crippen LogP contribution < -0.4 is 5.32 Å². The topological polar surface area (TPSA) is 67.0 Å². The Kier molecular flexibility index (Phi) is 4.12. The molecule has 0 saturated heterocycles. The normalized spacial score (nSPS) is 12.4. The van der Waals surface area contributed by atoms with Crippen LogP contribution in [-0.4, -0.2) is 29.6 Å². The van der Waals surface area contributed by atoms with Crippen molar-refractivity contribution in [3.63, 3.8) is 0 Å². The molecule has 5 heteroatoms. The van der Waals surface area contributed by atoms with Gasteiger partial charge in [0.15, 0.2) is 0 Å². The summed E-state index contributed by atoms with van der Waals surface area (Å²) in [5.41, 5.74) is 0. The standard InChI is InChI=1S/C9H15N3O2/c1-7(6-14-2)5-8(13)12-9-10-3-4-11-9/h3-4,7H,5-6H2,1-2H3,(H2,10,11,12,13). The fourth-order valence-electron chi connectivity index (χ4n) is 1.18. The van der Waals surface area contributed by atoms with Gasteiger partial charge in [0.25, 0.3) is 0 Å². The second-order valence-corrected chi connectivity index (χ2v) is 3.25. The maximum absolute atomic E-state index is 11.4. The van der Waals surface area contributed by atoms with Crippen molar-refractivity contribution in [2.75, 3.05) is 19.0 Å². The van der Waals surface area contributed by atoms with E-state index in [0.29, 0.717) is 19.0 Å². The van der Waals surface area contributed by atoms with E-state index in [1.807, 2.05) is 6.92 Å². The molecular weight excluding hydrogens is 182 g/mol. The summed E-state index contributed by atoms with van der Waals surface area (Å²) >= 11 is 0. The Balaban J connectivity index is 2.29. The van der Waals surface area contributed by atoms with Gasteiger partial charge in [-0.15, -0.1) is 0 Å². The van der Waals surface area contributed by atoms with E-state index in [1.165, 1.54) is 0 Å². The van der Waals surface area contributed by atoms with Crippen LogP contribution in [0.25, 0.3) is 0 Å². The number of H-pyrrole nitrogens is 1. The summed E-state index contributed by atoms with van der Waals surface area (Å²) in [4.78, 5) is 18.1. The molecule has 2 N–H and O–H groups in total. The molecule has 0 radical (unpaired) electrons. The lowest BCUT2D eigenvalue weighted by Gasteiger charge is -2.08. The second kappa shape index (κ2) is 5.39. The van der Waals surface area contributed by atoms with E-state index in [0.717, 1.165) is 0 Å². The van der Waals surface area contributed by atoms with Crippen molar-refractivity contribution < 1.29 is 9.53 Å². The molecule has 0 aromatic carbocycles. The third kappa shape index (κ3) is 3.57. The Morgan fingerprint density at radius 2 is 2.57 bits per heavy atom. The van der Waals surface area contributed by atoms with Crippen LogP contribution in [0.2, 0.25) is 0 Å². The third-order valence-electron chi connectivity index (χ3n) is 1.74. The minimum Gasteiger partial charge on any atom is -0.384 e. The molecular formula is C9H15N3O2. The first-order chi connectivity index (χ1) is 6.72. The first-order valence-corrected chi connectivity index (χ1v) is 4.50. The number of aromatic amines is 1. The van der Waals surface area contributed by atoms with Crippen molar-refractivity contribution >= 4 is 11.9 Å². The minimum atomic E-state index is -0.0514. The van der Waals surface area contributed by atoms with Gasteiger partial charge in [0, 0.05) is 32.5 Å². The van der Waals surface area contributed by atoms with Gasteiger partial charge in [-0.2, -0.15) is 0 Å². The quantitative estimate of drug-likeness (QED) is 0.740. The van der Waals surface area contributed by atoms with Crippen LogP contribution in [-0.2, 0) is 9.53 Å². The monoisotopic (exact) mass is 197 g/mol. The molecule has 14 heavy (non-hydrogen) atoms. The average Bonchev–Trinajstić information content (AvgIpc) is 2.56. The highest BCUT2D eigenvalue weighted by atomic mass is 16.5. The Morgan fingerprint density at radius 3 is 3.14 bits per heavy atom. The molecule has 1 aromatic rings. The summed E-state index contributed by atoms with van der Waals surface area (Å²) in [6.07, 6.45) is 3.69. The van der Waals surface area contributed by atoms with Gasteiger partial charge in [0.05, 0.1) is 0 Å². The van der Waals surface area contributed by atoms with E-state index in [2.05, 4.69) is 15.3 Å². The fraction of sp³-hybridized carbons (Fsp3) is 0.556. The fourth-order valence-corrected chi connectivity index (χ4v) is 1.18. The van der Waals surface area contributed by atoms with Crippen molar-refractivity contribution in [1.82, 2.24) is 9.97 Å². The van der Waals surface area contributed by atoms with Crippen molar-refractivity contribution in [3.05, 3.63) is 12.4 Å². The summed E-state index contributed by atoms with van der Waals surface area (Å²) in [7, 11) is 1.63. The lowest BCUT2D eigenvalue weighted by Crippen LogP contribution is -2.18. The third-order valence-corrected chi connectivity index (χ3v) is 1.74. The average molecular weight is 197 g/mol. The van der Waals surface area contributed by atoms with Crippen molar-refractivity contribution in [1.29, 1.82) is 0 Å². The Bertz CT molecular complexity index is 272. The van der Waals surface area contributed by atoms with Crippen LogP contribution in [0.4, 0.5) is 5.95 Å². The van der Waals surface area contributed by atoms with Crippen LogP contribution in [0.5, 0.6) is 0 Å².